The van der Waals surface area contributed by atoms with Gasteiger partial charge in [0.25, 0.3) is 0 Å². The van der Waals surface area contributed by atoms with E-state index in [-0.39, 0.29) is 12.2 Å². The Hall–Kier alpha value is -2.29. The summed E-state index contributed by atoms with van der Waals surface area (Å²) in [4.78, 5) is 23.7. The normalized spacial score (nSPS) is 22.0. The number of carbonyl (C=O) groups is 1. The zero-order valence-corrected chi connectivity index (χ0v) is 15.8. The van der Waals surface area contributed by atoms with Gasteiger partial charge in [0.1, 0.15) is 15.8 Å². The highest BCUT2D eigenvalue weighted by molar-refractivity contribution is 7.14. The van der Waals surface area contributed by atoms with E-state index in [0.29, 0.717) is 24.5 Å². The summed E-state index contributed by atoms with van der Waals surface area (Å²) in [6.45, 7) is 4.00. The van der Waals surface area contributed by atoms with Crippen LogP contribution >= 0.6 is 11.3 Å². The van der Waals surface area contributed by atoms with Crippen LogP contribution in [-0.2, 0) is 16.0 Å². The molecule has 0 radical (unpaired) electrons. The average Bonchev–Trinajstić information content (AvgIpc) is 3.38. The van der Waals surface area contributed by atoms with Gasteiger partial charge in [0.15, 0.2) is 5.78 Å². The molecule has 0 spiro atoms. The second-order valence-corrected chi connectivity index (χ2v) is 8.36. The van der Waals surface area contributed by atoms with E-state index in [1.165, 1.54) is 0 Å². The molecule has 7 nitrogen and oxygen atoms in total. The van der Waals surface area contributed by atoms with Gasteiger partial charge < -0.3 is 4.74 Å². The summed E-state index contributed by atoms with van der Waals surface area (Å²) in [5.41, 5.74) is 1.81. The van der Waals surface area contributed by atoms with Gasteiger partial charge in [-0.05, 0) is 19.4 Å². The van der Waals surface area contributed by atoms with Gasteiger partial charge in [-0.3, -0.25) is 9.69 Å². The van der Waals surface area contributed by atoms with Crippen molar-refractivity contribution in [3.63, 3.8) is 0 Å². The number of benzene rings is 1. The molecule has 2 fully saturated rings. The molecule has 138 valence electrons. The Balaban J connectivity index is 1.33. The number of likely N-dealkylation sites (tertiary alicyclic amines) is 1. The summed E-state index contributed by atoms with van der Waals surface area (Å²) in [6, 6.07) is 6.37. The molecule has 8 heteroatoms. The number of hydrogen-bond acceptors (Lipinski definition) is 8. The third-order valence-electron chi connectivity index (χ3n) is 5.15. The third kappa shape index (κ3) is 3.36. The fraction of sp³-hybridized carbons (Fsp3) is 0.421. The molecule has 4 heterocycles. The van der Waals surface area contributed by atoms with Crippen LogP contribution < -0.4 is 0 Å². The highest BCUT2D eigenvalue weighted by Crippen LogP contribution is 2.28. The lowest BCUT2D eigenvalue weighted by molar-refractivity contribution is -0.120. The lowest BCUT2D eigenvalue weighted by Crippen LogP contribution is -2.40. The van der Waals surface area contributed by atoms with Crippen LogP contribution in [0.1, 0.15) is 17.3 Å². The SMILES string of the molecule is Cc1nnc(-c2ccc3cnc(CC(=O)CN4C[C@@H]5C[C@H]4CO5)nc3c2)s1. The second-order valence-electron chi connectivity index (χ2n) is 7.18. The van der Waals surface area contributed by atoms with Gasteiger partial charge in [-0.25, -0.2) is 9.97 Å². The molecule has 2 bridgehead atoms. The smallest absolute Gasteiger partial charge is 0.154 e. The van der Waals surface area contributed by atoms with Gasteiger partial charge in [0, 0.05) is 29.7 Å². The van der Waals surface area contributed by atoms with Crippen molar-refractivity contribution in [2.75, 3.05) is 19.7 Å². The quantitative estimate of drug-likeness (QED) is 0.669. The van der Waals surface area contributed by atoms with Crippen LogP contribution in [0.25, 0.3) is 21.5 Å². The minimum Gasteiger partial charge on any atom is -0.375 e. The first-order chi connectivity index (χ1) is 13.1. The molecule has 0 unspecified atom stereocenters. The summed E-state index contributed by atoms with van der Waals surface area (Å²) in [5, 5.41) is 11.0. The molecule has 1 aromatic carbocycles. The predicted molar refractivity (Wildman–Crippen MR) is 102 cm³/mol. The Morgan fingerprint density at radius 3 is 3.04 bits per heavy atom. The lowest BCUT2D eigenvalue weighted by atomic mass is 10.1. The van der Waals surface area contributed by atoms with Gasteiger partial charge >= 0.3 is 0 Å². The maximum absolute atomic E-state index is 12.5. The number of Topliss-reactive ketones (excluding diaryl/α,β-unsaturated/α-hetero) is 1. The van der Waals surface area contributed by atoms with Crippen molar-refractivity contribution in [1.29, 1.82) is 0 Å². The third-order valence-corrected chi connectivity index (χ3v) is 6.04. The Morgan fingerprint density at radius 1 is 1.37 bits per heavy atom. The van der Waals surface area contributed by atoms with E-state index in [1.54, 1.807) is 17.5 Å². The molecule has 2 aliphatic rings. The maximum atomic E-state index is 12.5. The monoisotopic (exact) mass is 381 g/mol. The van der Waals surface area contributed by atoms with Crippen molar-refractivity contribution in [2.24, 2.45) is 0 Å². The van der Waals surface area contributed by atoms with E-state index < -0.39 is 0 Å². The minimum atomic E-state index is 0.151. The van der Waals surface area contributed by atoms with Crippen molar-refractivity contribution in [3.05, 3.63) is 35.2 Å². The zero-order chi connectivity index (χ0) is 18.4. The number of ketones is 1. The molecule has 2 saturated heterocycles. The van der Waals surface area contributed by atoms with E-state index in [0.717, 1.165) is 46.1 Å². The lowest BCUT2D eigenvalue weighted by Gasteiger charge is -2.25. The van der Waals surface area contributed by atoms with Crippen LogP contribution in [0.2, 0.25) is 0 Å². The van der Waals surface area contributed by atoms with Crippen LogP contribution in [0.5, 0.6) is 0 Å². The Labute approximate surface area is 160 Å². The fourth-order valence-electron chi connectivity index (χ4n) is 3.82. The first kappa shape index (κ1) is 16.9. The van der Waals surface area contributed by atoms with Crippen molar-refractivity contribution in [3.8, 4) is 10.6 Å². The van der Waals surface area contributed by atoms with Crippen LogP contribution in [0.4, 0.5) is 0 Å². The molecule has 2 aliphatic heterocycles. The molecule has 0 saturated carbocycles. The number of fused-ring (bicyclic) bond motifs is 3. The van der Waals surface area contributed by atoms with Crippen molar-refractivity contribution < 1.29 is 9.53 Å². The molecular weight excluding hydrogens is 362 g/mol. The van der Waals surface area contributed by atoms with Gasteiger partial charge in [0.2, 0.25) is 0 Å². The number of hydrogen-bond donors (Lipinski definition) is 0. The largest absolute Gasteiger partial charge is 0.375 e. The van der Waals surface area contributed by atoms with Crippen LogP contribution in [0, 0.1) is 6.92 Å². The topological polar surface area (TPSA) is 81.1 Å². The summed E-state index contributed by atoms with van der Waals surface area (Å²) < 4.78 is 5.59. The van der Waals surface area contributed by atoms with Crippen LogP contribution in [-0.4, -0.2) is 62.7 Å². The van der Waals surface area contributed by atoms with E-state index in [2.05, 4.69) is 25.1 Å². The van der Waals surface area contributed by atoms with E-state index >= 15 is 0 Å². The summed E-state index contributed by atoms with van der Waals surface area (Å²) >= 11 is 1.55. The Bertz CT molecular complexity index is 1020. The zero-order valence-electron chi connectivity index (χ0n) is 15.0. The standard InChI is InChI=1S/C19H19N5O2S/c1-11-22-23-19(27-11)12-2-3-13-7-20-18(21-17(13)4-12)6-15(25)8-24-9-16-5-14(24)10-26-16/h2-4,7,14,16H,5-6,8-10H2,1H3/t14-,16-/m0/s1. The highest BCUT2D eigenvalue weighted by Gasteiger charge is 2.39. The van der Waals surface area contributed by atoms with Gasteiger partial charge in [-0.1, -0.05) is 23.5 Å². The first-order valence-corrected chi connectivity index (χ1v) is 9.89. The van der Waals surface area contributed by atoms with Crippen molar-refractivity contribution in [2.45, 2.75) is 31.9 Å². The molecule has 2 atom stereocenters. The summed E-state index contributed by atoms with van der Waals surface area (Å²) in [6.07, 6.45) is 3.40. The van der Waals surface area contributed by atoms with Crippen molar-refractivity contribution in [1.82, 2.24) is 25.1 Å². The molecule has 27 heavy (non-hydrogen) atoms. The van der Waals surface area contributed by atoms with Gasteiger partial charge in [0.05, 0.1) is 31.2 Å². The van der Waals surface area contributed by atoms with Gasteiger partial charge in [-0.15, -0.1) is 10.2 Å². The summed E-state index contributed by atoms with van der Waals surface area (Å²) in [7, 11) is 0. The maximum Gasteiger partial charge on any atom is 0.154 e. The van der Waals surface area contributed by atoms with E-state index in [1.807, 2.05) is 25.1 Å². The molecule has 2 aromatic heterocycles. The molecule has 0 amide bonds. The van der Waals surface area contributed by atoms with E-state index in [9.17, 15) is 4.79 Å². The molecule has 5 rings (SSSR count). The molecule has 0 aliphatic carbocycles. The second kappa shape index (κ2) is 6.70. The predicted octanol–water partition coefficient (Wildman–Crippen LogP) is 2.04. The number of morpholine rings is 1. The van der Waals surface area contributed by atoms with E-state index in [4.69, 9.17) is 4.74 Å². The highest BCUT2D eigenvalue weighted by atomic mass is 32.1. The van der Waals surface area contributed by atoms with Crippen molar-refractivity contribution >= 4 is 28.0 Å². The average molecular weight is 381 g/mol. The number of aromatic nitrogens is 4. The number of aryl methyl sites for hydroxylation is 1. The molecular formula is C19H19N5O2S. The Kier molecular flexibility index (Phi) is 4.18. The Morgan fingerprint density at radius 2 is 2.30 bits per heavy atom. The number of rotatable bonds is 5. The minimum absolute atomic E-state index is 0.151. The molecule has 3 aromatic rings. The summed E-state index contributed by atoms with van der Waals surface area (Å²) in [5.74, 6) is 0.719. The number of nitrogens with zero attached hydrogens (tertiary/aromatic N) is 5. The van der Waals surface area contributed by atoms with Crippen LogP contribution in [0.15, 0.2) is 24.4 Å². The van der Waals surface area contributed by atoms with Gasteiger partial charge in [-0.2, -0.15) is 0 Å². The molecule has 0 N–H and O–H groups in total. The van der Waals surface area contributed by atoms with Crippen LogP contribution in [0.3, 0.4) is 0 Å². The fourth-order valence-corrected chi connectivity index (χ4v) is 4.51. The number of ether oxygens (including phenoxy) is 1. The number of carbonyl (C=O) groups excluding carboxylic acids is 1. The first-order valence-electron chi connectivity index (χ1n) is 9.07.